The van der Waals surface area contributed by atoms with Gasteiger partial charge in [0, 0.05) is 19.2 Å². The maximum absolute atomic E-state index is 12.7. The number of nitrogens with zero attached hydrogens (tertiary/aromatic N) is 3. The third-order valence-corrected chi connectivity index (χ3v) is 7.06. The van der Waals surface area contributed by atoms with Crippen molar-refractivity contribution in [1.82, 2.24) is 14.4 Å². The predicted octanol–water partition coefficient (Wildman–Crippen LogP) is 2.13. The van der Waals surface area contributed by atoms with Crippen LogP contribution >= 0.6 is 0 Å². The Labute approximate surface area is 196 Å². The van der Waals surface area contributed by atoms with Crippen molar-refractivity contribution in [3.63, 3.8) is 0 Å². The number of aromatic nitrogens is 2. The van der Waals surface area contributed by atoms with Crippen LogP contribution in [0.2, 0.25) is 0 Å². The Morgan fingerprint density at radius 1 is 1.06 bits per heavy atom. The van der Waals surface area contributed by atoms with Crippen molar-refractivity contribution in [1.29, 1.82) is 0 Å². The lowest BCUT2D eigenvalue weighted by atomic mass is 10.2. The van der Waals surface area contributed by atoms with Gasteiger partial charge in [0.25, 0.3) is 5.89 Å². The molecule has 0 unspecified atom stereocenters. The smallest absolute Gasteiger partial charge is 0.338 e. The molecule has 0 radical (unpaired) electrons. The van der Waals surface area contributed by atoms with E-state index in [1.807, 2.05) is 0 Å². The molecule has 34 heavy (non-hydrogen) atoms. The molecule has 1 fully saturated rings. The van der Waals surface area contributed by atoms with E-state index in [1.165, 1.54) is 35.7 Å². The van der Waals surface area contributed by atoms with Gasteiger partial charge in [-0.15, -0.1) is 0 Å². The Bertz CT molecular complexity index is 1250. The molecule has 2 aromatic carbocycles. The van der Waals surface area contributed by atoms with Gasteiger partial charge in [0.15, 0.2) is 6.61 Å². The van der Waals surface area contributed by atoms with Crippen molar-refractivity contribution < 1.29 is 36.7 Å². The molecule has 0 amide bonds. The van der Waals surface area contributed by atoms with Crippen molar-refractivity contribution in [2.24, 2.45) is 0 Å². The third kappa shape index (κ3) is 5.03. The fourth-order valence-corrected chi connectivity index (χ4v) is 4.72. The molecular weight excluding hydrogens is 466 g/mol. The average molecular weight is 490 g/mol. The summed E-state index contributed by atoms with van der Waals surface area (Å²) in [5.41, 5.74) is 0.777. The minimum atomic E-state index is -3.64. The standard InChI is InChI=1S/C22H23N3O8S/c1-29-16-5-8-18(19(13-16)30-2)21-23-20(33-24-21)14-32-22(26)15-3-6-17(7-4-15)34(27,28)25-9-11-31-12-10-25/h3-8,13H,9-12,14H2,1-2H3. The van der Waals surface area contributed by atoms with Crippen LogP contribution in [0.3, 0.4) is 0 Å². The minimum absolute atomic E-state index is 0.0905. The zero-order chi connectivity index (χ0) is 24.1. The normalized spacial score (nSPS) is 14.5. The van der Waals surface area contributed by atoms with E-state index in [1.54, 1.807) is 25.3 Å². The van der Waals surface area contributed by atoms with E-state index < -0.39 is 16.0 Å². The number of sulfonamides is 1. The van der Waals surface area contributed by atoms with E-state index >= 15 is 0 Å². The molecule has 1 aromatic heterocycles. The summed E-state index contributed by atoms with van der Waals surface area (Å²) in [6, 6.07) is 10.7. The number of carbonyl (C=O) groups is 1. The first-order valence-corrected chi connectivity index (χ1v) is 11.8. The Hall–Kier alpha value is -3.48. The lowest BCUT2D eigenvalue weighted by molar-refractivity contribution is 0.0429. The van der Waals surface area contributed by atoms with Gasteiger partial charge in [-0.25, -0.2) is 13.2 Å². The van der Waals surface area contributed by atoms with Crippen molar-refractivity contribution in [3.05, 3.63) is 53.9 Å². The number of rotatable bonds is 8. The average Bonchev–Trinajstić information content (AvgIpc) is 3.36. The zero-order valence-corrected chi connectivity index (χ0v) is 19.4. The predicted molar refractivity (Wildman–Crippen MR) is 118 cm³/mol. The molecule has 1 aliphatic rings. The van der Waals surface area contributed by atoms with Gasteiger partial charge in [-0.1, -0.05) is 5.16 Å². The Morgan fingerprint density at radius 2 is 1.79 bits per heavy atom. The fraction of sp³-hybridized carbons (Fsp3) is 0.318. The summed E-state index contributed by atoms with van der Waals surface area (Å²) in [5.74, 6) is 0.811. The largest absolute Gasteiger partial charge is 0.497 e. The highest BCUT2D eigenvalue weighted by Gasteiger charge is 2.26. The zero-order valence-electron chi connectivity index (χ0n) is 18.6. The maximum Gasteiger partial charge on any atom is 0.338 e. The summed E-state index contributed by atoms with van der Waals surface area (Å²) in [6.45, 7) is 1.04. The van der Waals surface area contributed by atoms with Gasteiger partial charge in [-0.05, 0) is 36.4 Å². The molecule has 1 aliphatic heterocycles. The molecule has 0 spiro atoms. The van der Waals surface area contributed by atoms with Crippen LogP contribution in [0.25, 0.3) is 11.4 Å². The number of hydrogen-bond donors (Lipinski definition) is 0. The van der Waals surface area contributed by atoms with E-state index in [0.717, 1.165) is 0 Å². The van der Waals surface area contributed by atoms with Crippen LogP contribution < -0.4 is 9.47 Å². The van der Waals surface area contributed by atoms with Crippen molar-refractivity contribution in [2.75, 3.05) is 40.5 Å². The first-order chi connectivity index (χ1) is 16.4. The maximum atomic E-state index is 12.7. The molecule has 0 atom stereocenters. The molecule has 2 heterocycles. The van der Waals surface area contributed by atoms with Gasteiger partial charge in [0.1, 0.15) is 11.5 Å². The summed E-state index contributed by atoms with van der Waals surface area (Å²) in [7, 11) is -0.584. The number of carbonyl (C=O) groups excluding carboxylic acids is 1. The van der Waals surface area contributed by atoms with Crippen LogP contribution in [-0.2, 0) is 26.1 Å². The first kappa shape index (κ1) is 23.7. The summed E-state index contributed by atoms with van der Waals surface area (Å²) in [4.78, 5) is 16.7. The molecule has 180 valence electrons. The summed E-state index contributed by atoms with van der Waals surface area (Å²) in [6.07, 6.45) is 0. The molecule has 0 N–H and O–H groups in total. The van der Waals surface area contributed by atoms with Crippen molar-refractivity contribution in [2.45, 2.75) is 11.5 Å². The second-order valence-electron chi connectivity index (χ2n) is 7.19. The van der Waals surface area contributed by atoms with Gasteiger partial charge < -0.3 is 23.5 Å². The SMILES string of the molecule is COc1ccc(-c2noc(COC(=O)c3ccc(S(=O)(=O)N4CCOCC4)cc3)n2)c(OC)c1. The van der Waals surface area contributed by atoms with E-state index in [9.17, 15) is 13.2 Å². The molecule has 11 nitrogen and oxygen atoms in total. The third-order valence-electron chi connectivity index (χ3n) is 5.14. The van der Waals surface area contributed by atoms with Gasteiger partial charge in [-0.3, -0.25) is 0 Å². The lowest BCUT2D eigenvalue weighted by Crippen LogP contribution is -2.40. The number of benzene rings is 2. The van der Waals surface area contributed by atoms with E-state index in [2.05, 4.69) is 10.1 Å². The second-order valence-corrected chi connectivity index (χ2v) is 9.13. The number of ether oxygens (including phenoxy) is 4. The van der Waals surface area contributed by atoms with Crippen LogP contribution in [-0.4, -0.2) is 69.4 Å². The number of morpholine rings is 1. The molecule has 1 saturated heterocycles. The van der Waals surface area contributed by atoms with Gasteiger partial charge in [0.2, 0.25) is 15.8 Å². The van der Waals surface area contributed by atoms with Crippen LogP contribution in [0.5, 0.6) is 11.5 Å². The molecule has 3 aromatic rings. The highest BCUT2D eigenvalue weighted by molar-refractivity contribution is 7.89. The van der Waals surface area contributed by atoms with Gasteiger partial charge in [0.05, 0.1) is 43.5 Å². The summed E-state index contributed by atoms with van der Waals surface area (Å²) < 4.78 is 52.9. The molecule has 4 rings (SSSR count). The van der Waals surface area contributed by atoms with Gasteiger partial charge in [-0.2, -0.15) is 9.29 Å². The second kappa shape index (κ2) is 10.2. The summed E-state index contributed by atoms with van der Waals surface area (Å²) in [5, 5.41) is 3.91. The lowest BCUT2D eigenvalue weighted by Gasteiger charge is -2.26. The monoisotopic (exact) mass is 489 g/mol. The van der Waals surface area contributed by atoms with Crippen LogP contribution in [0.1, 0.15) is 16.2 Å². The highest BCUT2D eigenvalue weighted by atomic mass is 32.2. The van der Waals surface area contributed by atoms with E-state index in [4.69, 9.17) is 23.5 Å². The molecule has 12 heteroatoms. The van der Waals surface area contributed by atoms with Crippen LogP contribution in [0, 0.1) is 0 Å². The molecule has 0 aliphatic carbocycles. The number of esters is 1. The number of hydrogen-bond acceptors (Lipinski definition) is 10. The topological polar surface area (TPSA) is 130 Å². The Balaban J connectivity index is 1.39. The molecule has 0 bridgehead atoms. The first-order valence-electron chi connectivity index (χ1n) is 10.3. The molecule has 0 saturated carbocycles. The minimum Gasteiger partial charge on any atom is -0.497 e. The van der Waals surface area contributed by atoms with Crippen LogP contribution in [0.4, 0.5) is 0 Å². The number of methoxy groups -OCH3 is 2. The fourth-order valence-electron chi connectivity index (χ4n) is 3.32. The highest BCUT2D eigenvalue weighted by Crippen LogP contribution is 2.31. The summed E-state index contributed by atoms with van der Waals surface area (Å²) >= 11 is 0. The van der Waals surface area contributed by atoms with Gasteiger partial charge >= 0.3 is 5.97 Å². The molecular formula is C22H23N3O8S. The quantitative estimate of drug-likeness (QED) is 0.434. The van der Waals surface area contributed by atoms with E-state index in [-0.39, 0.29) is 28.8 Å². The Kier molecular flexibility index (Phi) is 7.10. The van der Waals surface area contributed by atoms with Crippen LogP contribution in [0.15, 0.2) is 51.9 Å². The Morgan fingerprint density at radius 3 is 2.47 bits per heavy atom. The van der Waals surface area contributed by atoms with E-state index in [0.29, 0.717) is 43.4 Å². The van der Waals surface area contributed by atoms with Crippen molar-refractivity contribution in [3.8, 4) is 22.9 Å². The van der Waals surface area contributed by atoms with Crippen molar-refractivity contribution >= 4 is 16.0 Å².